The van der Waals surface area contributed by atoms with Crippen LogP contribution in [0.3, 0.4) is 0 Å². The molecule has 3 nitrogen and oxygen atoms in total. The minimum atomic E-state index is 0.741. The molecule has 0 aromatic heterocycles. The first kappa shape index (κ1) is 15.7. The van der Waals surface area contributed by atoms with E-state index in [1.54, 1.807) is 11.8 Å². The lowest BCUT2D eigenvalue weighted by atomic mass is 10.0. The van der Waals surface area contributed by atoms with Crippen LogP contribution in [0.5, 0.6) is 23.0 Å². The summed E-state index contributed by atoms with van der Waals surface area (Å²) in [5.74, 6) is 2.97. The molecule has 134 valence electrons. The van der Waals surface area contributed by atoms with E-state index in [-0.39, 0.29) is 0 Å². The highest BCUT2D eigenvalue weighted by Gasteiger charge is 2.20. The molecule has 2 heterocycles. The maximum atomic E-state index is 6.06. The molecule has 4 aromatic carbocycles. The van der Waals surface area contributed by atoms with Gasteiger partial charge in [-0.3, -0.25) is 0 Å². The molecule has 2 aliphatic rings. The summed E-state index contributed by atoms with van der Waals surface area (Å²) >= 11 is 1.79. The Morgan fingerprint density at radius 1 is 0.536 bits per heavy atom. The van der Waals surface area contributed by atoms with Gasteiger partial charge in [0.2, 0.25) is 0 Å². The molecule has 0 radical (unpaired) electrons. The van der Waals surface area contributed by atoms with Gasteiger partial charge in [-0.05, 0) is 59.7 Å². The van der Waals surface area contributed by atoms with E-state index in [0.717, 1.165) is 45.5 Å². The Kier molecular flexibility index (Phi) is 3.40. The van der Waals surface area contributed by atoms with Crippen LogP contribution in [0.4, 0.5) is 11.4 Å². The second kappa shape index (κ2) is 6.08. The van der Waals surface area contributed by atoms with Crippen LogP contribution < -0.4 is 14.8 Å². The summed E-state index contributed by atoms with van der Waals surface area (Å²) < 4.78 is 12.0. The van der Waals surface area contributed by atoms with E-state index < -0.39 is 0 Å². The molecule has 0 saturated carbocycles. The molecule has 0 saturated heterocycles. The Hall–Kier alpha value is -3.37. The van der Waals surface area contributed by atoms with Crippen molar-refractivity contribution in [3.8, 4) is 34.1 Å². The molecule has 0 spiro atoms. The number of nitrogens with one attached hydrogen (secondary N) is 1. The van der Waals surface area contributed by atoms with E-state index in [2.05, 4.69) is 53.8 Å². The first-order chi connectivity index (χ1) is 13.8. The zero-order valence-electron chi connectivity index (χ0n) is 14.8. The van der Waals surface area contributed by atoms with Gasteiger partial charge in [0.15, 0.2) is 23.0 Å². The van der Waals surface area contributed by atoms with Gasteiger partial charge < -0.3 is 14.8 Å². The Balaban J connectivity index is 1.36. The van der Waals surface area contributed by atoms with Crippen LogP contribution in [0.1, 0.15) is 0 Å². The summed E-state index contributed by atoms with van der Waals surface area (Å²) in [6, 6.07) is 28.7. The molecule has 1 N–H and O–H groups in total. The van der Waals surface area contributed by atoms with E-state index in [1.807, 2.05) is 36.4 Å². The van der Waals surface area contributed by atoms with Crippen LogP contribution in [-0.2, 0) is 0 Å². The zero-order valence-corrected chi connectivity index (χ0v) is 15.6. The van der Waals surface area contributed by atoms with Crippen LogP contribution in [0.25, 0.3) is 11.1 Å². The van der Waals surface area contributed by atoms with Crippen molar-refractivity contribution in [3.63, 3.8) is 0 Å². The molecule has 0 amide bonds. The first-order valence-corrected chi connectivity index (χ1v) is 9.92. The first-order valence-electron chi connectivity index (χ1n) is 9.11. The highest BCUT2D eigenvalue weighted by molar-refractivity contribution is 7.99. The van der Waals surface area contributed by atoms with E-state index in [9.17, 15) is 0 Å². The van der Waals surface area contributed by atoms with Crippen LogP contribution in [-0.4, -0.2) is 0 Å². The van der Waals surface area contributed by atoms with Crippen molar-refractivity contribution in [2.75, 3.05) is 5.32 Å². The van der Waals surface area contributed by atoms with E-state index >= 15 is 0 Å². The molecule has 4 aromatic rings. The molecule has 6 rings (SSSR count). The summed E-state index contributed by atoms with van der Waals surface area (Å²) in [7, 11) is 0. The van der Waals surface area contributed by atoms with Gasteiger partial charge in [-0.1, -0.05) is 48.2 Å². The minimum Gasteiger partial charge on any atom is -0.450 e. The van der Waals surface area contributed by atoms with Crippen LogP contribution in [0.15, 0.2) is 94.7 Å². The molecule has 28 heavy (non-hydrogen) atoms. The standard InChI is InChI=1S/C24H15NO2S/c1-4-8-23-17(5-1)25-18-11-9-16(14-24(18)28-23)15-10-12-21-22(13-15)27-20-7-3-2-6-19(20)26-21/h1-14,25H. The number of hydrogen-bond acceptors (Lipinski definition) is 4. The molecule has 2 aliphatic heterocycles. The summed E-state index contributed by atoms with van der Waals surface area (Å²) in [6.07, 6.45) is 0. The third-order valence-electron chi connectivity index (χ3n) is 4.92. The lowest BCUT2D eigenvalue weighted by molar-refractivity contribution is 0.360. The average molecular weight is 381 g/mol. The lowest BCUT2D eigenvalue weighted by Crippen LogP contribution is -2.00. The number of benzene rings is 4. The van der Waals surface area contributed by atoms with Crippen molar-refractivity contribution in [1.29, 1.82) is 0 Å². The number of anilines is 2. The fourth-order valence-electron chi connectivity index (χ4n) is 3.52. The minimum absolute atomic E-state index is 0.741. The van der Waals surface area contributed by atoms with Crippen molar-refractivity contribution in [2.45, 2.75) is 9.79 Å². The van der Waals surface area contributed by atoms with Crippen molar-refractivity contribution in [3.05, 3.63) is 84.9 Å². The molecule has 0 atom stereocenters. The summed E-state index contributed by atoms with van der Waals surface area (Å²) in [5.41, 5.74) is 4.55. The van der Waals surface area contributed by atoms with Gasteiger partial charge in [-0.15, -0.1) is 0 Å². The topological polar surface area (TPSA) is 30.5 Å². The Morgan fingerprint density at radius 2 is 1.18 bits per heavy atom. The van der Waals surface area contributed by atoms with Gasteiger partial charge in [0.1, 0.15) is 0 Å². The van der Waals surface area contributed by atoms with Crippen LogP contribution >= 0.6 is 11.8 Å². The maximum absolute atomic E-state index is 6.06. The molecule has 0 fully saturated rings. The smallest absolute Gasteiger partial charge is 0.170 e. The zero-order chi connectivity index (χ0) is 18.5. The predicted octanol–water partition coefficient (Wildman–Crippen LogP) is 7.46. The van der Waals surface area contributed by atoms with Gasteiger partial charge in [-0.25, -0.2) is 0 Å². The largest absolute Gasteiger partial charge is 0.450 e. The second-order valence-electron chi connectivity index (χ2n) is 6.75. The number of para-hydroxylation sites is 3. The monoisotopic (exact) mass is 381 g/mol. The van der Waals surface area contributed by atoms with Crippen LogP contribution in [0.2, 0.25) is 0 Å². The fraction of sp³-hybridized carbons (Fsp3) is 0. The average Bonchev–Trinajstić information content (AvgIpc) is 2.75. The number of ether oxygens (including phenoxy) is 2. The van der Waals surface area contributed by atoms with Crippen molar-refractivity contribution in [1.82, 2.24) is 0 Å². The fourth-order valence-corrected chi connectivity index (χ4v) is 4.55. The normalized spacial score (nSPS) is 13.0. The SMILES string of the molecule is c1ccc2c(c1)Nc1ccc(-c3ccc4c(c3)Oc3ccccc3O4)cc1S2. The Labute approximate surface area is 166 Å². The number of fused-ring (bicyclic) bond motifs is 4. The third kappa shape index (κ3) is 2.53. The molecular weight excluding hydrogens is 366 g/mol. The Bertz CT molecular complexity index is 1140. The van der Waals surface area contributed by atoms with Crippen molar-refractivity contribution < 1.29 is 9.47 Å². The van der Waals surface area contributed by atoms with Gasteiger partial charge in [0.25, 0.3) is 0 Å². The lowest BCUT2D eigenvalue weighted by Gasteiger charge is -2.22. The van der Waals surface area contributed by atoms with Gasteiger partial charge >= 0.3 is 0 Å². The third-order valence-corrected chi connectivity index (χ3v) is 6.06. The molecule has 4 heteroatoms. The van der Waals surface area contributed by atoms with Gasteiger partial charge in [0, 0.05) is 9.79 Å². The highest BCUT2D eigenvalue weighted by Crippen LogP contribution is 2.48. The molecule has 0 unspecified atom stereocenters. The molecule has 0 aliphatic carbocycles. The second-order valence-corrected chi connectivity index (χ2v) is 7.83. The predicted molar refractivity (Wildman–Crippen MR) is 112 cm³/mol. The number of rotatable bonds is 1. The van der Waals surface area contributed by atoms with Crippen molar-refractivity contribution >= 4 is 23.1 Å². The van der Waals surface area contributed by atoms with Gasteiger partial charge in [-0.2, -0.15) is 0 Å². The quantitative estimate of drug-likeness (QED) is 0.320. The maximum Gasteiger partial charge on any atom is 0.170 e. The van der Waals surface area contributed by atoms with Gasteiger partial charge in [0.05, 0.1) is 11.4 Å². The summed E-state index contributed by atoms with van der Waals surface area (Å²) in [6.45, 7) is 0. The number of hydrogen-bond donors (Lipinski definition) is 1. The van der Waals surface area contributed by atoms with E-state index in [0.29, 0.717) is 0 Å². The van der Waals surface area contributed by atoms with Crippen LogP contribution in [0, 0.1) is 0 Å². The van der Waals surface area contributed by atoms with E-state index in [4.69, 9.17) is 9.47 Å². The molecular formula is C24H15NO2S. The van der Waals surface area contributed by atoms with Crippen molar-refractivity contribution in [2.24, 2.45) is 0 Å². The Morgan fingerprint density at radius 3 is 2.07 bits per heavy atom. The summed E-state index contributed by atoms with van der Waals surface area (Å²) in [4.78, 5) is 2.46. The van der Waals surface area contributed by atoms with E-state index in [1.165, 1.54) is 9.79 Å². The summed E-state index contributed by atoms with van der Waals surface area (Å²) in [5, 5.41) is 3.51. The molecule has 0 bridgehead atoms. The highest BCUT2D eigenvalue weighted by atomic mass is 32.2.